The number of aromatic nitrogens is 1. The number of rotatable bonds is 4. The molecule has 104 valence electrons. The molecule has 1 aliphatic rings. The van der Waals surface area contributed by atoms with Crippen LogP contribution in [0.1, 0.15) is 30.1 Å². The molecule has 5 nitrogen and oxygen atoms in total. The van der Waals surface area contributed by atoms with Crippen LogP contribution in [0.25, 0.3) is 0 Å². The Labute approximate surface area is 117 Å². The highest BCUT2D eigenvalue weighted by atomic mass is 35.5. The van der Waals surface area contributed by atoms with E-state index in [4.69, 9.17) is 26.8 Å². The second-order valence-electron chi connectivity index (χ2n) is 4.46. The average Bonchev–Trinajstić information content (AvgIpc) is 2.42. The first kappa shape index (κ1) is 14.2. The van der Waals surface area contributed by atoms with Gasteiger partial charge >= 0.3 is 0 Å². The van der Waals surface area contributed by atoms with Crippen LogP contribution in [-0.2, 0) is 9.47 Å². The van der Waals surface area contributed by atoms with Gasteiger partial charge in [0, 0.05) is 38.9 Å². The molecule has 1 aromatic rings. The van der Waals surface area contributed by atoms with E-state index in [9.17, 15) is 4.79 Å². The fourth-order valence-electron chi connectivity index (χ4n) is 2.29. The standard InChI is InChI=1S/C13H17ClN2O3/c1-2-19-13(3-5-18-6-4-13)11(17)10-7-9(14)8-16-12(10)15/h7-8H,2-6H2,1H3,(H2,15,16). The molecule has 0 bridgehead atoms. The Morgan fingerprint density at radius 1 is 1.58 bits per heavy atom. The Bertz CT molecular complexity index is 467. The number of hydrogen-bond donors (Lipinski definition) is 1. The predicted molar refractivity (Wildman–Crippen MR) is 72.4 cm³/mol. The first-order valence-electron chi connectivity index (χ1n) is 6.26. The van der Waals surface area contributed by atoms with Crippen LogP contribution < -0.4 is 5.73 Å². The lowest BCUT2D eigenvalue weighted by Gasteiger charge is -2.35. The summed E-state index contributed by atoms with van der Waals surface area (Å²) in [5.41, 5.74) is 5.23. The third kappa shape index (κ3) is 2.88. The van der Waals surface area contributed by atoms with E-state index in [-0.39, 0.29) is 11.6 Å². The van der Waals surface area contributed by atoms with Gasteiger partial charge in [0.2, 0.25) is 0 Å². The molecule has 0 spiro atoms. The molecule has 1 fully saturated rings. The maximum absolute atomic E-state index is 12.7. The third-order valence-electron chi connectivity index (χ3n) is 3.26. The van der Waals surface area contributed by atoms with Crippen LogP contribution >= 0.6 is 11.6 Å². The number of halogens is 1. The molecular weight excluding hydrogens is 268 g/mol. The van der Waals surface area contributed by atoms with E-state index >= 15 is 0 Å². The molecule has 0 aliphatic carbocycles. The summed E-state index contributed by atoms with van der Waals surface area (Å²) >= 11 is 5.89. The van der Waals surface area contributed by atoms with Gasteiger partial charge in [0.25, 0.3) is 0 Å². The van der Waals surface area contributed by atoms with Crippen molar-refractivity contribution in [1.82, 2.24) is 4.98 Å². The third-order valence-corrected chi connectivity index (χ3v) is 3.47. The lowest BCUT2D eigenvalue weighted by molar-refractivity contribution is -0.0821. The second-order valence-corrected chi connectivity index (χ2v) is 4.89. The smallest absolute Gasteiger partial charge is 0.198 e. The van der Waals surface area contributed by atoms with Crippen LogP contribution in [0.3, 0.4) is 0 Å². The quantitative estimate of drug-likeness (QED) is 0.857. The Kier molecular flexibility index (Phi) is 4.39. The van der Waals surface area contributed by atoms with Crippen LogP contribution in [0.15, 0.2) is 12.3 Å². The van der Waals surface area contributed by atoms with Gasteiger partial charge in [-0.15, -0.1) is 0 Å². The number of carbonyl (C=O) groups excluding carboxylic acids is 1. The highest BCUT2D eigenvalue weighted by Gasteiger charge is 2.42. The highest BCUT2D eigenvalue weighted by Crippen LogP contribution is 2.31. The number of Topliss-reactive ketones (excluding diaryl/α,β-unsaturated/α-hetero) is 1. The van der Waals surface area contributed by atoms with Crippen LogP contribution in [0.5, 0.6) is 0 Å². The summed E-state index contributed by atoms with van der Waals surface area (Å²) in [6.45, 7) is 3.32. The Balaban J connectivity index is 2.36. The van der Waals surface area contributed by atoms with Gasteiger partial charge in [0.1, 0.15) is 11.4 Å². The zero-order chi connectivity index (χ0) is 13.9. The van der Waals surface area contributed by atoms with E-state index in [1.165, 1.54) is 6.20 Å². The van der Waals surface area contributed by atoms with Crippen molar-refractivity contribution in [2.45, 2.75) is 25.4 Å². The van der Waals surface area contributed by atoms with Gasteiger partial charge in [0.05, 0.1) is 10.6 Å². The molecule has 6 heteroatoms. The normalized spacial score (nSPS) is 18.2. The summed E-state index contributed by atoms with van der Waals surface area (Å²) in [6.07, 6.45) is 2.46. The number of ketones is 1. The van der Waals surface area contributed by atoms with Gasteiger partial charge < -0.3 is 15.2 Å². The summed E-state index contributed by atoms with van der Waals surface area (Å²) in [5, 5.41) is 0.385. The molecule has 0 atom stereocenters. The maximum Gasteiger partial charge on any atom is 0.198 e. The summed E-state index contributed by atoms with van der Waals surface area (Å²) in [5.74, 6) is 0.0186. The molecule has 0 saturated carbocycles. The molecule has 2 heterocycles. The second kappa shape index (κ2) is 5.86. The van der Waals surface area contributed by atoms with E-state index in [2.05, 4.69) is 4.98 Å². The molecule has 0 amide bonds. The Hall–Kier alpha value is -1.17. The number of nitrogens with zero attached hydrogens (tertiary/aromatic N) is 1. The van der Waals surface area contributed by atoms with E-state index in [1.54, 1.807) is 6.07 Å². The van der Waals surface area contributed by atoms with E-state index < -0.39 is 5.60 Å². The van der Waals surface area contributed by atoms with E-state index in [0.717, 1.165) is 0 Å². The maximum atomic E-state index is 12.7. The van der Waals surface area contributed by atoms with Gasteiger partial charge in [-0.05, 0) is 13.0 Å². The lowest BCUT2D eigenvalue weighted by Crippen LogP contribution is -2.46. The molecule has 2 N–H and O–H groups in total. The van der Waals surface area contributed by atoms with Crippen LogP contribution in [0.4, 0.5) is 5.82 Å². The van der Waals surface area contributed by atoms with Crippen molar-refractivity contribution in [2.24, 2.45) is 0 Å². The first-order valence-corrected chi connectivity index (χ1v) is 6.64. The molecule has 1 aromatic heterocycles. The van der Waals surface area contributed by atoms with Crippen molar-refractivity contribution in [1.29, 1.82) is 0 Å². The predicted octanol–water partition coefficient (Wildman–Crippen LogP) is 2.09. The molecule has 2 rings (SSSR count). The number of ether oxygens (including phenoxy) is 2. The molecule has 0 unspecified atom stereocenters. The SMILES string of the molecule is CCOC1(C(=O)c2cc(Cl)cnc2N)CCOCC1. The summed E-state index contributed by atoms with van der Waals surface area (Å²) in [7, 11) is 0. The number of nitrogens with two attached hydrogens (primary N) is 1. The average molecular weight is 285 g/mol. The summed E-state index contributed by atoms with van der Waals surface area (Å²) < 4.78 is 11.0. The number of nitrogen functional groups attached to an aromatic ring is 1. The number of hydrogen-bond acceptors (Lipinski definition) is 5. The minimum atomic E-state index is -0.868. The van der Waals surface area contributed by atoms with E-state index in [0.29, 0.717) is 43.2 Å². The zero-order valence-corrected chi connectivity index (χ0v) is 11.6. The number of anilines is 1. The number of carbonyl (C=O) groups is 1. The fourth-order valence-corrected chi connectivity index (χ4v) is 2.45. The van der Waals surface area contributed by atoms with Crippen molar-refractivity contribution in [2.75, 3.05) is 25.6 Å². The van der Waals surface area contributed by atoms with Gasteiger partial charge in [-0.25, -0.2) is 4.98 Å². The van der Waals surface area contributed by atoms with Gasteiger partial charge in [-0.3, -0.25) is 4.79 Å². The monoisotopic (exact) mass is 284 g/mol. The van der Waals surface area contributed by atoms with Gasteiger partial charge in [0.15, 0.2) is 5.78 Å². The first-order chi connectivity index (χ1) is 9.09. The van der Waals surface area contributed by atoms with Crippen LogP contribution in [0, 0.1) is 0 Å². The Morgan fingerprint density at radius 2 is 2.26 bits per heavy atom. The summed E-state index contributed by atoms with van der Waals surface area (Å²) in [4.78, 5) is 16.6. The molecule has 0 radical (unpaired) electrons. The molecule has 19 heavy (non-hydrogen) atoms. The van der Waals surface area contributed by atoms with Crippen molar-refractivity contribution < 1.29 is 14.3 Å². The van der Waals surface area contributed by atoms with Crippen molar-refractivity contribution >= 4 is 23.2 Å². The Morgan fingerprint density at radius 3 is 2.89 bits per heavy atom. The highest BCUT2D eigenvalue weighted by molar-refractivity contribution is 6.31. The minimum Gasteiger partial charge on any atom is -0.383 e. The van der Waals surface area contributed by atoms with Gasteiger partial charge in [-0.1, -0.05) is 11.6 Å². The van der Waals surface area contributed by atoms with Gasteiger partial charge in [-0.2, -0.15) is 0 Å². The number of pyridine rings is 1. The topological polar surface area (TPSA) is 74.4 Å². The van der Waals surface area contributed by atoms with Crippen molar-refractivity contribution in [3.05, 3.63) is 22.8 Å². The molecular formula is C13H17ClN2O3. The lowest BCUT2D eigenvalue weighted by atomic mass is 9.85. The largest absolute Gasteiger partial charge is 0.383 e. The molecule has 1 aliphatic heterocycles. The van der Waals surface area contributed by atoms with Crippen LogP contribution in [0.2, 0.25) is 5.02 Å². The minimum absolute atomic E-state index is 0.162. The fraction of sp³-hybridized carbons (Fsp3) is 0.538. The van der Waals surface area contributed by atoms with Crippen molar-refractivity contribution in [3.63, 3.8) is 0 Å². The zero-order valence-electron chi connectivity index (χ0n) is 10.8. The summed E-state index contributed by atoms with van der Waals surface area (Å²) in [6, 6.07) is 1.54. The molecule has 0 aromatic carbocycles. The van der Waals surface area contributed by atoms with Crippen LogP contribution in [-0.4, -0.2) is 36.2 Å². The van der Waals surface area contributed by atoms with Crippen molar-refractivity contribution in [3.8, 4) is 0 Å². The van der Waals surface area contributed by atoms with E-state index in [1.807, 2.05) is 6.92 Å². The molecule has 1 saturated heterocycles.